The maximum Gasteiger partial charge on any atom is 0.338 e. The van der Waals surface area contributed by atoms with E-state index in [1.807, 2.05) is 18.4 Å². The van der Waals surface area contributed by atoms with Crippen LogP contribution in [0.5, 0.6) is 0 Å². The maximum absolute atomic E-state index is 12.0. The second kappa shape index (κ2) is 7.70. The summed E-state index contributed by atoms with van der Waals surface area (Å²) in [6, 6.07) is 10.5. The summed E-state index contributed by atoms with van der Waals surface area (Å²) in [5, 5.41) is 2.65. The van der Waals surface area contributed by atoms with Crippen LogP contribution in [0.25, 0.3) is 0 Å². The summed E-state index contributed by atoms with van der Waals surface area (Å²) in [6.07, 6.45) is 2.62. The Morgan fingerprint density at radius 3 is 2.59 bits per heavy atom. The first kappa shape index (κ1) is 16.2. The van der Waals surface area contributed by atoms with Crippen LogP contribution in [0.15, 0.2) is 52.0 Å². The summed E-state index contributed by atoms with van der Waals surface area (Å²) in [7, 11) is 0. The van der Waals surface area contributed by atoms with E-state index in [1.54, 1.807) is 36.0 Å². The minimum Gasteiger partial charge on any atom is -0.467 e. The summed E-state index contributed by atoms with van der Waals surface area (Å²) < 4.78 is 10.3. The highest BCUT2D eigenvalue weighted by Gasteiger charge is 2.18. The lowest BCUT2D eigenvalue weighted by atomic mass is 10.2. The highest BCUT2D eigenvalue weighted by molar-refractivity contribution is 7.98. The van der Waals surface area contributed by atoms with Gasteiger partial charge in [-0.05, 0) is 49.6 Å². The van der Waals surface area contributed by atoms with Crippen molar-refractivity contribution in [3.05, 3.63) is 54.0 Å². The van der Waals surface area contributed by atoms with Gasteiger partial charge in [0.1, 0.15) is 5.76 Å². The number of furan rings is 1. The Labute approximate surface area is 133 Å². The molecule has 1 aromatic carbocycles. The molecule has 1 heterocycles. The van der Waals surface area contributed by atoms with Crippen LogP contribution in [0, 0.1) is 0 Å². The predicted molar refractivity (Wildman–Crippen MR) is 83.7 cm³/mol. The minimum absolute atomic E-state index is 0.260. The number of benzene rings is 1. The van der Waals surface area contributed by atoms with Gasteiger partial charge in [-0.1, -0.05) is 0 Å². The fourth-order valence-electron chi connectivity index (χ4n) is 1.74. The average molecular weight is 319 g/mol. The number of ether oxygens (including phenoxy) is 1. The van der Waals surface area contributed by atoms with Gasteiger partial charge >= 0.3 is 5.97 Å². The molecular formula is C16H17NO4S. The number of carbonyl (C=O) groups is 2. The zero-order chi connectivity index (χ0) is 15.9. The molecule has 0 aliphatic carbocycles. The van der Waals surface area contributed by atoms with Crippen molar-refractivity contribution in [2.45, 2.75) is 24.5 Å². The smallest absolute Gasteiger partial charge is 0.338 e. The van der Waals surface area contributed by atoms with Crippen LogP contribution in [0.2, 0.25) is 0 Å². The average Bonchev–Trinajstić information content (AvgIpc) is 3.06. The summed E-state index contributed by atoms with van der Waals surface area (Å²) in [5.74, 6) is -0.252. The van der Waals surface area contributed by atoms with Gasteiger partial charge in [-0.15, -0.1) is 11.8 Å². The highest BCUT2D eigenvalue weighted by Crippen LogP contribution is 2.15. The topological polar surface area (TPSA) is 68.5 Å². The molecule has 6 heteroatoms. The van der Waals surface area contributed by atoms with E-state index < -0.39 is 12.1 Å². The lowest BCUT2D eigenvalue weighted by molar-refractivity contribution is -0.129. The normalized spacial score (nSPS) is 11.7. The third kappa shape index (κ3) is 4.39. The third-order valence-corrected chi connectivity index (χ3v) is 3.74. The van der Waals surface area contributed by atoms with Gasteiger partial charge in [0.25, 0.3) is 5.91 Å². The lowest BCUT2D eigenvalue weighted by Crippen LogP contribution is -2.35. The number of thioether (sulfide) groups is 1. The van der Waals surface area contributed by atoms with Gasteiger partial charge in [0.2, 0.25) is 0 Å². The molecule has 2 aromatic rings. The van der Waals surface area contributed by atoms with E-state index in [1.165, 1.54) is 13.2 Å². The van der Waals surface area contributed by atoms with Crippen LogP contribution < -0.4 is 5.32 Å². The van der Waals surface area contributed by atoms with Crippen molar-refractivity contribution >= 4 is 23.6 Å². The number of carbonyl (C=O) groups excluding carboxylic acids is 2. The van der Waals surface area contributed by atoms with Gasteiger partial charge in [0, 0.05) is 4.90 Å². The second-order valence-electron chi connectivity index (χ2n) is 4.57. The maximum atomic E-state index is 12.0. The standard InChI is InChI=1S/C16H17NO4S/c1-11(15(18)17-10-13-4-3-9-20-13)21-16(19)12-5-7-14(22-2)8-6-12/h3-9,11H,10H2,1-2H3,(H,17,18)/t11-/m1/s1. The van der Waals surface area contributed by atoms with Crippen LogP contribution in [0.4, 0.5) is 0 Å². The summed E-state index contributed by atoms with van der Waals surface area (Å²) in [4.78, 5) is 24.9. The molecule has 1 atom stereocenters. The zero-order valence-electron chi connectivity index (χ0n) is 12.4. The molecule has 1 amide bonds. The van der Waals surface area contributed by atoms with Crippen molar-refractivity contribution in [3.63, 3.8) is 0 Å². The SMILES string of the molecule is CSc1ccc(C(=O)O[C@H](C)C(=O)NCc2ccco2)cc1. The lowest BCUT2D eigenvalue weighted by Gasteiger charge is -2.13. The van der Waals surface area contributed by atoms with E-state index >= 15 is 0 Å². The molecule has 0 bridgehead atoms. The Kier molecular flexibility index (Phi) is 5.66. The Morgan fingerprint density at radius 2 is 2.00 bits per heavy atom. The number of hydrogen-bond acceptors (Lipinski definition) is 5. The van der Waals surface area contributed by atoms with E-state index in [4.69, 9.17) is 9.15 Å². The molecule has 2 rings (SSSR count). The predicted octanol–water partition coefficient (Wildman–Crippen LogP) is 2.86. The van der Waals surface area contributed by atoms with Crippen molar-refractivity contribution in [1.82, 2.24) is 5.32 Å². The fourth-order valence-corrected chi connectivity index (χ4v) is 2.15. The summed E-state index contributed by atoms with van der Waals surface area (Å²) in [5.41, 5.74) is 0.420. The minimum atomic E-state index is -0.873. The van der Waals surface area contributed by atoms with Crippen LogP contribution in [-0.4, -0.2) is 24.2 Å². The molecule has 0 radical (unpaired) electrons. The monoisotopic (exact) mass is 319 g/mol. The summed E-state index contributed by atoms with van der Waals surface area (Å²) >= 11 is 1.59. The molecule has 1 aromatic heterocycles. The van der Waals surface area contributed by atoms with Crippen molar-refractivity contribution in [2.24, 2.45) is 0 Å². The fraction of sp³-hybridized carbons (Fsp3) is 0.250. The number of rotatable bonds is 6. The van der Waals surface area contributed by atoms with E-state index in [0.717, 1.165) is 4.90 Å². The molecule has 116 valence electrons. The second-order valence-corrected chi connectivity index (χ2v) is 5.45. The van der Waals surface area contributed by atoms with Gasteiger partial charge in [-0.3, -0.25) is 4.79 Å². The van der Waals surface area contributed by atoms with E-state index in [0.29, 0.717) is 11.3 Å². The van der Waals surface area contributed by atoms with Crippen molar-refractivity contribution in [2.75, 3.05) is 6.26 Å². The first-order chi connectivity index (χ1) is 10.6. The zero-order valence-corrected chi connectivity index (χ0v) is 13.2. The number of hydrogen-bond donors (Lipinski definition) is 1. The number of amides is 1. The van der Waals surface area contributed by atoms with Gasteiger partial charge in [-0.25, -0.2) is 4.79 Å². The molecule has 0 aliphatic heterocycles. The highest BCUT2D eigenvalue weighted by atomic mass is 32.2. The van der Waals surface area contributed by atoms with Gasteiger partial charge in [0.05, 0.1) is 18.4 Å². The largest absolute Gasteiger partial charge is 0.467 e. The van der Waals surface area contributed by atoms with Crippen LogP contribution >= 0.6 is 11.8 Å². The molecule has 1 N–H and O–H groups in total. The van der Waals surface area contributed by atoms with E-state index in [2.05, 4.69) is 5.32 Å². The van der Waals surface area contributed by atoms with Gasteiger partial charge in [0.15, 0.2) is 6.10 Å². The Morgan fingerprint density at radius 1 is 1.27 bits per heavy atom. The van der Waals surface area contributed by atoms with Crippen LogP contribution in [0.1, 0.15) is 23.0 Å². The van der Waals surface area contributed by atoms with Gasteiger partial charge in [-0.2, -0.15) is 0 Å². The molecule has 0 saturated carbocycles. The Balaban J connectivity index is 1.85. The molecule has 0 fully saturated rings. The molecule has 5 nitrogen and oxygen atoms in total. The Hall–Kier alpha value is -2.21. The van der Waals surface area contributed by atoms with Crippen molar-refractivity contribution < 1.29 is 18.7 Å². The van der Waals surface area contributed by atoms with Crippen LogP contribution in [-0.2, 0) is 16.1 Å². The first-order valence-corrected chi connectivity index (χ1v) is 7.97. The molecule has 0 spiro atoms. The molecule has 22 heavy (non-hydrogen) atoms. The molecular weight excluding hydrogens is 302 g/mol. The quantitative estimate of drug-likeness (QED) is 0.655. The Bertz CT molecular complexity index is 622. The van der Waals surface area contributed by atoms with Crippen molar-refractivity contribution in [3.8, 4) is 0 Å². The van der Waals surface area contributed by atoms with Gasteiger partial charge < -0.3 is 14.5 Å². The molecule has 0 aliphatic rings. The number of esters is 1. The first-order valence-electron chi connectivity index (χ1n) is 6.75. The van der Waals surface area contributed by atoms with Crippen LogP contribution in [0.3, 0.4) is 0 Å². The number of nitrogens with one attached hydrogen (secondary N) is 1. The van der Waals surface area contributed by atoms with E-state index in [9.17, 15) is 9.59 Å². The third-order valence-electron chi connectivity index (χ3n) is 3.00. The molecule has 0 unspecified atom stereocenters. The molecule has 0 saturated heterocycles. The van der Waals surface area contributed by atoms with Crippen molar-refractivity contribution in [1.29, 1.82) is 0 Å². The van der Waals surface area contributed by atoms with E-state index in [-0.39, 0.29) is 12.5 Å². The summed E-state index contributed by atoms with van der Waals surface area (Å²) in [6.45, 7) is 1.79.